The van der Waals surface area contributed by atoms with Crippen molar-refractivity contribution in [3.05, 3.63) is 68.8 Å². The van der Waals surface area contributed by atoms with Crippen LogP contribution in [-0.2, 0) is 0 Å². The molecule has 0 saturated carbocycles. The fourth-order valence-corrected chi connectivity index (χ4v) is 2.52. The Labute approximate surface area is 126 Å². The van der Waals surface area contributed by atoms with Crippen LogP contribution in [-0.4, -0.2) is 16.7 Å². The van der Waals surface area contributed by atoms with Gasteiger partial charge in [0.1, 0.15) is 5.69 Å². The molecule has 0 saturated heterocycles. The van der Waals surface area contributed by atoms with E-state index in [1.165, 1.54) is 12.1 Å². The smallest absolute Gasteiger partial charge is 0.268 e. The fourth-order valence-electron chi connectivity index (χ4n) is 2.52. The molecular weight excluding hydrogens is 284 g/mol. The number of nitro benzene ring substituents is 1. The van der Waals surface area contributed by atoms with Gasteiger partial charge in [0.15, 0.2) is 0 Å². The molecule has 0 spiro atoms. The van der Waals surface area contributed by atoms with Crippen LogP contribution in [0, 0.1) is 24.0 Å². The van der Waals surface area contributed by atoms with Crippen LogP contribution in [0.25, 0.3) is 0 Å². The van der Waals surface area contributed by atoms with Crippen molar-refractivity contribution in [2.75, 3.05) is 4.90 Å². The molecule has 6 nitrogen and oxygen atoms in total. The van der Waals surface area contributed by atoms with Crippen LogP contribution >= 0.6 is 0 Å². The Morgan fingerprint density at radius 2 is 1.45 bits per heavy atom. The Hall–Kier alpha value is -3.02. The number of fused-ring (bicyclic) bond motifs is 1. The summed E-state index contributed by atoms with van der Waals surface area (Å²) in [5.41, 5.74) is 1.79. The molecule has 0 atom stereocenters. The van der Waals surface area contributed by atoms with Crippen LogP contribution in [0.15, 0.2) is 36.4 Å². The van der Waals surface area contributed by atoms with Crippen LogP contribution < -0.4 is 4.90 Å². The third-order valence-corrected chi connectivity index (χ3v) is 3.82. The number of hydrogen-bond acceptors (Lipinski definition) is 4. The van der Waals surface area contributed by atoms with E-state index in [4.69, 9.17) is 0 Å². The molecule has 110 valence electrons. The van der Waals surface area contributed by atoms with E-state index < -0.39 is 16.7 Å². The van der Waals surface area contributed by atoms with Gasteiger partial charge in [-0.05, 0) is 43.2 Å². The lowest BCUT2D eigenvalue weighted by atomic mass is 10.1. The monoisotopic (exact) mass is 296 g/mol. The van der Waals surface area contributed by atoms with Gasteiger partial charge in [-0.3, -0.25) is 19.7 Å². The highest BCUT2D eigenvalue weighted by Gasteiger charge is 2.39. The van der Waals surface area contributed by atoms with E-state index in [0.29, 0.717) is 0 Å². The lowest BCUT2D eigenvalue weighted by molar-refractivity contribution is -0.384. The average molecular weight is 296 g/mol. The first-order chi connectivity index (χ1) is 10.4. The molecule has 2 aromatic rings. The Balaban J connectivity index is 2.22. The Morgan fingerprint density at radius 1 is 0.955 bits per heavy atom. The predicted octanol–water partition coefficient (Wildman–Crippen LogP) is 3.01. The largest absolute Gasteiger partial charge is 0.293 e. The number of rotatable bonds is 2. The number of benzene rings is 2. The van der Waals surface area contributed by atoms with E-state index in [-0.39, 0.29) is 22.5 Å². The first-order valence-corrected chi connectivity index (χ1v) is 6.65. The van der Waals surface area contributed by atoms with Crippen LogP contribution in [0.5, 0.6) is 0 Å². The SMILES string of the molecule is Cc1cc(N2C(=O)c3ccccc3C2=O)c([N+](=O)[O-])cc1C. The summed E-state index contributed by atoms with van der Waals surface area (Å²) < 4.78 is 0. The van der Waals surface area contributed by atoms with Gasteiger partial charge < -0.3 is 0 Å². The Bertz CT molecular complexity index is 807. The maximum absolute atomic E-state index is 12.5. The molecule has 2 aromatic carbocycles. The van der Waals surface area contributed by atoms with Crippen molar-refractivity contribution in [3.8, 4) is 0 Å². The number of nitrogens with zero attached hydrogens (tertiary/aromatic N) is 2. The zero-order valence-corrected chi connectivity index (χ0v) is 12.0. The van der Waals surface area contributed by atoms with Crippen molar-refractivity contribution in [2.45, 2.75) is 13.8 Å². The zero-order valence-electron chi connectivity index (χ0n) is 12.0. The molecular formula is C16H12N2O4. The number of carbonyl (C=O) groups is 2. The third-order valence-electron chi connectivity index (χ3n) is 3.82. The van der Waals surface area contributed by atoms with Gasteiger partial charge in [-0.1, -0.05) is 12.1 Å². The van der Waals surface area contributed by atoms with Gasteiger partial charge in [0, 0.05) is 6.07 Å². The first kappa shape index (κ1) is 13.9. The molecule has 22 heavy (non-hydrogen) atoms. The van der Waals surface area contributed by atoms with Crippen molar-refractivity contribution in [2.24, 2.45) is 0 Å². The second-order valence-corrected chi connectivity index (χ2v) is 5.17. The molecule has 2 amide bonds. The van der Waals surface area contributed by atoms with Gasteiger partial charge in [-0.25, -0.2) is 4.90 Å². The van der Waals surface area contributed by atoms with E-state index in [1.807, 2.05) is 0 Å². The zero-order chi connectivity index (χ0) is 16.0. The lowest BCUT2D eigenvalue weighted by Gasteiger charge is -2.15. The lowest BCUT2D eigenvalue weighted by Crippen LogP contribution is -2.30. The maximum Gasteiger partial charge on any atom is 0.293 e. The molecule has 3 rings (SSSR count). The Kier molecular flexibility index (Phi) is 3.02. The van der Waals surface area contributed by atoms with Gasteiger partial charge >= 0.3 is 0 Å². The summed E-state index contributed by atoms with van der Waals surface area (Å²) in [5, 5.41) is 11.3. The molecule has 1 heterocycles. The summed E-state index contributed by atoms with van der Waals surface area (Å²) >= 11 is 0. The molecule has 0 bridgehead atoms. The summed E-state index contributed by atoms with van der Waals surface area (Å²) in [5.74, 6) is -1.07. The average Bonchev–Trinajstić information content (AvgIpc) is 2.74. The molecule has 1 aliphatic heterocycles. The van der Waals surface area contributed by atoms with Crippen molar-refractivity contribution in [3.63, 3.8) is 0 Å². The fraction of sp³-hybridized carbons (Fsp3) is 0.125. The topological polar surface area (TPSA) is 80.5 Å². The number of amides is 2. The molecule has 1 aliphatic rings. The minimum Gasteiger partial charge on any atom is -0.268 e. The summed E-state index contributed by atoms with van der Waals surface area (Å²) in [7, 11) is 0. The van der Waals surface area contributed by atoms with Crippen LogP contribution in [0.1, 0.15) is 31.8 Å². The highest BCUT2D eigenvalue weighted by Crippen LogP contribution is 2.36. The van der Waals surface area contributed by atoms with E-state index in [9.17, 15) is 19.7 Å². The highest BCUT2D eigenvalue weighted by atomic mass is 16.6. The minimum absolute atomic E-state index is 0.0132. The Morgan fingerprint density at radius 3 is 1.95 bits per heavy atom. The van der Waals surface area contributed by atoms with E-state index in [2.05, 4.69) is 0 Å². The molecule has 0 fully saturated rings. The molecule has 0 aromatic heterocycles. The predicted molar refractivity (Wildman–Crippen MR) is 80.2 cm³/mol. The highest BCUT2D eigenvalue weighted by molar-refractivity contribution is 6.35. The van der Waals surface area contributed by atoms with Crippen LogP contribution in [0.3, 0.4) is 0 Å². The first-order valence-electron chi connectivity index (χ1n) is 6.65. The summed E-state index contributed by atoms with van der Waals surface area (Å²) in [6.45, 7) is 3.52. The third kappa shape index (κ3) is 1.88. The van der Waals surface area contributed by atoms with Gasteiger partial charge in [-0.15, -0.1) is 0 Å². The van der Waals surface area contributed by atoms with E-state index in [1.54, 1.807) is 38.1 Å². The normalized spacial score (nSPS) is 13.5. The van der Waals surface area contributed by atoms with Crippen molar-refractivity contribution >= 4 is 23.2 Å². The van der Waals surface area contributed by atoms with Gasteiger partial charge in [-0.2, -0.15) is 0 Å². The van der Waals surface area contributed by atoms with Crippen molar-refractivity contribution in [1.29, 1.82) is 0 Å². The van der Waals surface area contributed by atoms with Crippen molar-refractivity contribution < 1.29 is 14.5 Å². The molecule has 0 aliphatic carbocycles. The number of carbonyl (C=O) groups excluding carboxylic acids is 2. The second-order valence-electron chi connectivity index (χ2n) is 5.17. The number of anilines is 1. The quantitative estimate of drug-likeness (QED) is 0.484. The molecule has 0 N–H and O–H groups in total. The van der Waals surface area contributed by atoms with Gasteiger partial charge in [0.25, 0.3) is 17.5 Å². The minimum atomic E-state index is -0.578. The van der Waals surface area contributed by atoms with E-state index in [0.717, 1.165) is 16.0 Å². The number of aryl methyl sites for hydroxylation is 2. The molecule has 6 heteroatoms. The molecule has 0 unspecified atom stereocenters. The van der Waals surface area contributed by atoms with Gasteiger partial charge in [0.05, 0.1) is 16.1 Å². The summed E-state index contributed by atoms with van der Waals surface area (Å²) in [6.07, 6.45) is 0. The standard InChI is InChI=1S/C16H12N2O4/c1-9-7-13(14(18(21)22)8-10(9)2)17-15(19)11-5-3-4-6-12(11)16(17)20/h3-8H,1-2H3. The van der Waals surface area contributed by atoms with Crippen molar-refractivity contribution in [1.82, 2.24) is 0 Å². The van der Waals surface area contributed by atoms with Gasteiger partial charge in [0.2, 0.25) is 0 Å². The second kappa shape index (κ2) is 4.77. The summed E-state index contributed by atoms with van der Waals surface area (Å²) in [6, 6.07) is 9.29. The maximum atomic E-state index is 12.5. The number of hydrogen-bond donors (Lipinski definition) is 0. The summed E-state index contributed by atoms with van der Waals surface area (Å²) in [4.78, 5) is 36.5. The van der Waals surface area contributed by atoms with Crippen LogP contribution in [0.4, 0.5) is 11.4 Å². The number of imide groups is 1. The van der Waals surface area contributed by atoms with E-state index >= 15 is 0 Å². The number of nitro groups is 1. The molecule has 0 radical (unpaired) electrons. The van der Waals surface area contributed by atoms with Crippen LogP contribution in [0.2, 0.25) is 0 Å².